The Bertz CT molecular complexity index is 1050. The number of rotatable bonds is 8. The van der Waals surface area contributed by atoms with Gasteiger partial charge in [-0.05, 0) is 24.3 Å². The monoisotopic (exact) mass is 876 g/mol. The fourth-order valence-electron chi connectivity index (χ4n) is 3.40. The van der Waals surface area contributed by atoms with Crippen LogP contribution in [0.25, 0.3) is 0 Å². The summed E-state index contributed by atoms with van der Waals surface area (Å²) in [7, 11) is 0. The molecule has 4 rings (SSSR count). The van der Waals surface area contributed by atoms with Gasteiger partial charge in [0.1, 0.15) is 29.8 Å². The number of nitrogens with zero attached hydrogens (tertiary/aromatic N) is 2. The molecule has 0 atom stereocenters. The van der Waals surface area contributed by atoms with E-state index in [2.05, 4.69) is 9.80 Å². The molecule has 9 nitrogen and oxygen atoms in total. The van der Waals surface area contributed by atoms with Crippen LogP contribution in [0.2, 0.25) is 0 Å². The maximum atomic E-state index is 13.0. The van der Waals surface area contributed by atoms with E-state index in [9.17, 15) is 27.9 Å². The van der Waals surface area contributed by atoms with Gasteiger partial charge in [0, 0.05) is 82.5 Å². The first-order chi connectivity index (χ1) is 20.0. The number of morpholine rings is 2. The van der Waals surface area contributed by atoms with Crippen molar-refractivity contribution in [3.8, 4) is 5.75 Å². The number of carbonyl (C=O) groups excluding carboxylic acids is 2. The molecule has 2 heterocycles. The van der Waals surface area contributed by atoms with E-state index in [4.69, 9.17) is 19.3 Å². The van der Waals surface area contributed by atoms with Gasteiger partial charge in [0.05, 0.1) is 44.2 Å². The third kappa shape index (κ3) is 23.2. The molecule has 2 aromatic carbocycles. The van der Waals surface area contributed by atoms with Crippen LogP contribution in [0.5, 0.6) is 5.75 Å². The van der Waals surface area contributed by atoms with Crippen LogP contribution in [-0.4, -0.2) is 112 Å². The summed E-state index contributed by atoms with van der Waals surface area (Å²) in [5.74, 6) is -1.60. The van der Waals surface area contributed by atoms with E-state index < -0.39 is 23.1 Å². The summed E-state index contributed by atoms with van der Waals surface area (Å²) >= 11 is 0. The molecule has 44 heavy (non-hydrogen) atoms. The Balaban J connectivity index is 0. The van der Waals surface area contributed by atoms with Gasteiger partial charge in [-0.25, -0.2) is 13.2 Å². The predicted octanol–water partition coefficient (Wildman–Crippen LogP) is -0.413. The minimum Gasteiger partial charge on any atom is -0.850 e. The Morgan fingerprint density at radius 2 is 1.27 bits per heavy atom. The molecule has 14 heteroatoms. The summed E-state index contributed by atoms with van der Waals surface area (Å²) < 4.78 is 53.4. The number of benzene rings is 2. The zero-order chi connectivity index (χ0) is 31.4. The second-order valence-corrected chi connectivity index (χ2v) is 10.2. The van der Waals surface area contributed by atoms with Crippen molar-refractivity contribution in [1.29, 1.82) is 0 Å². The number of hydrogen-bond acceptors (Lipinski definition) is 9. The molecular formula is C30H42F3KN2O7U. The predicted molar refractivity (Wildman–Crippen MR) is 150 cm³/mol. The Morgan fingerprint density at radius 3 is 1.70 bits per heavy atom. The molecule has 0 amide bonds. The SMILES string of the molecule is CC(C)(C)[O-].O=Cc1ccc(F)cc1F.O=Cc1ccc(F)cc1OCCN1CCOCC1.OCCN1CCOCC1.[K+].[U]. The van der Waals surface area contributed by atoms with E-state index in [0.717, 1.165) is 77.8 Å². The van der Waals surface area contributed by atoms with Gasteiger partial charge in [-0.15, -0.1) is 5.60 Å². The maximum absolute atomic E-state index is 13.0. The minimum absolute atomic E-state index is 0. The summed E-state index contributed by atoms with van der Waals surface area (Å²) in [6, 6.07) is 6.71. The fraction of sp³-hybridized carbons (Fsp3) is 0.533. The van der Waals surface area contributed by atoms with Crippen LogP contribution in [0.15, 0.2) is 36.4 Å². The van der Waals surface area contributed by atoms with E-state index >= 15 is 0 Å². The third-order valence-corrected chi connectivity index (χ3v) is 5.48. The van der Waals surface area contributed by atoms with Gasteiger partial charge in [-0.3, -0.25) is 19.4 Å². The summed E-state index contributed by atoms with van der Waals surface area (Å²) in [4.78, 5) is 25.2. The summed E-state index contributed by atoms with van der Waals surface area (Å²) in [6.45, 7) is 14.0. The van der Waals surface area contributed by atoms with Crippen LogP contribution in [0.1, 0.15) is 41.5 Å². The second-order valence-electron chi connectivity index (χ2n) is 10.2. The molecule has 0 saturated carbocycles. The first kappa shape index (κ1) is 45.9. The number of aliphatic hydroxyl groups is 1. The van der Waals surface area contributed by atoms with Gasteiger partial charge in [0.2, 0.25) is 0 Å². The Labute approximate surface area is 324 Å². The minimum atomic E-state index is -0.824. The quantitative estimate of drug-likeness (QED) is 0.280. The number of halogens is 3. The Hall–Kier alpha value is -0.182. The van der Waals surface area contributed by atoms with Crippen LogP contribution in [0.4, 0.5) is 13.2 Å². The van der Waals surface area contributed by atoms with Crippen molar-refractivity contribution in [2.24, 2.45) is 0 Å². The molecule has 0 radical (unpaired) electrons. The zero-order valence-electron chi connectivity index (χ0n) is 26.0. The number of carbonyl (C=O) groups is 2. The fourth-order valence-corrected chi connectivity index (χ4v) is 3.40. The topological polar surface area (TPSA) is 112 Å². The van der Waals surface area contributed by atoms with Crippen LogP contribution >= 0.6 is 0 Å². The maximum Gasteiger partial charge on any atom is 1.00 e. The molecule has 2 aliphatic heterocycles. The standard InChI is InChI=1S/C13H16FNO3.C7H4F2O.C6H13NO2.C4H9O.K.U/c14-12-2-1-11(10-16)13(9-12)18-8-5-15-3-6-17-7-4-15;8-6-2-1-5(4-10)7(9)3-6;8-4-1-7-2-5-9-6-3-7;1-4(2,3)5;;/h1-2,9-10H,3-8H2;1-4H;8H,1-6H2;1-3H3;;/q;;;-1;+1;. The molecule has 2 aliphatic rings. The molecule has 0 spiro atoms. The van der Waals surface area contributed by atoms with Gasteiger partial charge < -0.3 is 24.4 Å². The first-order valence-corrected chi connectivity index (χ1v) is 13.7. The van der Waals surface area contributed by atoms with Crippen molar-refractivity contribution < 1.29 is 130 Å². The van der Waals surface area contributed by atoms with Crippen LogP contribution in [-0.2, 0) is 9.47 Å². The van der Waals surface area contributed by atoms with Crippen LogP contribution in [0, 0.1) is 48.6 Å². The van der Waals surface area contributed by atoms with Gasteiger partial charge in [-0.2, -0.15) is 0 Å². The summed E-state index contributed by atoms with van der Waals surface area (Å²) in [6.07, 6.45) is 1.01. The van der Waals surface area contributed by atoms with E-state index in [1.54, 1.807) is 20.8 Å². The third-order valence-electron chi connectivity index (χ3n) is 5.48. The first-order valence-electron chi connectivity index (χ1n) is 13.7. The average molecular weight is 877 g/mol. The van der Waals surface area contributed by atoms with Crippen molar-refractivity contribution in [3.63, 3.8) is 0 Å². The normalized spacial score (nSPS) is 14.8. The van der Waals surface area contributed by atoms with Gasteiger partial charge >= 0.3 is 51.4 Å². The molecule has 2 saturated heterocycles. The van der Waals surface area contributed by atoms with Crippen molar-refractivity contribution in [2.75, 3.05) is 78.9 Å². The van der Waals surface area contributed by atoms with Gasteiger partial charge in [0.25, 0.3) is 0 Å². The molecule has 0 bridgehead atoms. The van der Waals surface area contributed by atoms with Gasteiger partial charge in [0.15, 0.2) is 12.6 Å². The molecule has 0 aromatic heterocycles. The second kappa shape index (κ2) is 26.8. The summed E-state index contributed by atoms with van der Waals surface area (Å²) in [5, 5.41) is 18.6. The van der Waals surface area contributed by atoms with Crippen LogP contribution < -0.4 is 61.2 Å². The van der Waals surface area contributed by atoms with Gasteiger partial charge in [-0.1, -0.05) is 20.8 Å². The average Bonchev–Trinajstić information content (AvgIpc) is 2.94. The molecule has 240 valence electrons. The molecule has 2 aromatic rings. The van der Waals surface area contributed by atoms with Crippen molar-refractivity contribution in [2.45, 2.75) is 26.4 Å². The zero-order valence-corrected chi connectivity index (χ0v) is 33.3. The molecular weight excluding hydrogens is 834 g/mol. The number of aliphatic hydroxyl groups excluding tert-OH is 1. The Morgan fingerprint density at radius 1 is 0.841 bits per heavy atom. The smallest absolute Gasteiger partial charge is 0.850 e. The largest absolute Gasteiger partial charge is 1.00 e. The van der Waals surface area contributed by atoms with E-state index in [0.29, 0.717) is 36.6 Å². The van der Waals surface area contributed by atoms with Crippen molar-refractivity contribution >= 4 is 12.6 Å². The number of β-amino-alcohol motifs (C(OH)–C–C–N with tert-alkyl or cyclic N) is 1. The molecule has 0 unspecified atom stereocenters. The number of ether oxygens (including phenoxy) is 3. The molecule has 1 N–H and O–H groups in total. The molecule has 2 fully saturated rings. The van der Waals surface area contributed by atoms with E-state index in [-0.39, 0.29) is 94.7 Å². The van der Waals surface area contributed by atoms with Crippen molar-refractivity contribution in [1.82, 2.24) is 9.80 Å². The van der Waals surface area contributed by atoms with E-state index in [1.807, 2.05) is 0 Å². The van der Waals surface area contributed by atoms with Crippen LogP contribution in [0.3, 0.4) is 0 Å². The Kier molecular flexibility index (Phi) is 28.0. The molecule has 0 aliphatic carbocycles. The van der Waals surface area contributed by atoms with Crippen molar-refractivity contribution in [3.05, 3.63) is 65.0 Å². The summed E-state index contributed by atoms with van der Waals surface area (Å²) in [5.41, 5.74) is -0.500. The number of hydrogen-bond donors (Lipinski definition) is 1. The van der Waals surface area contributed by atoms with E-state index in [1.165, 1.54) is 18.2 Å². The number of aldehydes is 2.